The Labute approximate surface area is 53.9 Å². The van der Waals surface area contributed by atoms with Crippen LogP contribution in [-0.2, 0) is 10.8 Å². The average Bonchev–Trinajstić information content (AvgIpc) is 1.67. The van der Waals surface area contributed by atoms with Gasteiger partial charge in [-0.1, -0.05) is 20.8 Å². The lowest BCUT2D eigenvalue weighted by molar-refractivity contribution is 0.675. The highest BCUT2D eigenvalue weighted by atomic mass is 32.2. The molecule has 8 heavy (non-hydrogen) atoms. The van der Waals surface area contributed by atoms with E-state index in [-0.39, 0.29) is 0 Å². The first-order chi connectivity index (χ1) is 3.68. The Morgan fingerprint density at radius 1 is 1.50 bits per heavy atom. The second kappa shape index (κ2) is 4.07. The van der Waals surface area contributed by atoms with Crippen LogP contribution in [0.5, 0.6) is 0 Å². The Hall–Kier alpha value is 0.150. The predicted octanol–water partition coefficient (Wildman–Crippen LogP) is 1.55. The van der Waals surface area contributed by atoms with Gasteiger partial charge in [-0.15, -0.1) is 0 Å². The molecule has 0 rings (SSSR count). The fourth-order valence-corrected chi connectivity index (χ4v) is 1.31. The highest BCUT2D eigenvalue weighted by molar-refractivity contribution is 7.85. The van der Waals surface area contributed by atoms with Crippen molar-refractivity contribution in [3.05, 3.63) is 0 Å². The summed E-state index contributed by atoms with van der Waals surface area (Å²) in [5.41, 5.74) is 0. The minimum atomic E-state index is -0.572. The maximum absolute atomic E-state index is 10.9. The summed E-state index contributed by atoms with van der Waals surface area (Å²) in [5.74, 6) is 0.859. The molecule has 0 saturated heterocycles. The summed E-state index contributed by atoms with van der Waals surface area (Å²) in [7, 11) is -0.572. The second-order valence-corrected chi connectivity index (χ2v) is 4.25. The van der Waals surface area contributed by atoms with E-state index in [1.165, 1.54) is 0 Å². The van der Waals surface area contributed by atoms with E-state index in [0.29, 0.717) is 5.25 Å². The number of hydrogen-bond donors (Lipinski definition) is 0. The molecule has 0 spiro atoms. The normalized spacial score (nSPS) is 14.5. The minimum Gasteiger partial charge on any atom is -0.259 e. The molecule has 0 N–H and O–H groups in total. The highest BCUT2D eigenvalue weighted by Crippen LogP contribution is 1.94. The molecule has 50 valence electrons. The summed E-state index contributed by atoms with van der Waals surface area (Å²) in [6.07, 6.45) is 1.03. The van der Waals surface area contributed by atoms with Gasteiger partial charge in [-0.25, -0.2) is 0 Å². The summed E-state index contributed by atoms with van der Waals surface area (Å²) in [5, 5.41) is 0.343. The van der Waals surface area contributed by atoms with Gasteiger partial charge in [0.25, 0.3) is 0 Å². The lowest BCUT2D eigenvalue weighted by Crippen LogP contribution is -2.08. The van der Waals surface area contributed by atoms with Crippen molar-refractivity contribution in [2.45, 2.75) is 32.4 Å². The van der Waals surface area contributed by atoms with Crippen LogP contribution in [0.4, 0.5) is 0 Å². The van der Waals surface area contributed by atoms with Gasteiger partial charge in [0, 0.05) is 21.8 Å². The molecule has 0 aromatic heterocycles. The molecule has 0 unspecified atom stereocenters. The van der Waals surface area contributed by atoms with E-state index in [1.54, 1.807) is 0 Å². The molecular formula is C6H14OS. The number of hydrogen-bond acceptors (Lipinski definition) is 1. The smallest absolute Gasteiger partial charge is 0.0291 e. The molecule has 0 saturated carbocycles. The Kier molecular flexibility index (Phi) is 4.15. The molecular weight excluding hydrogens is 120 g/mol. The largest absolute Gasteiger partial charge is 0.259 e. The molecule has 0 bridgehead atoms. The van der Waals surface area contributed by atoms with E-state index in [2.05, 4.69) is 6.92 Å². The van der Waals surface area contributed by atoms with Gasteiger partial charge in [0.1, 0.15) is 0 Å². The van der Waals surface area contributed by atoms with E-state index in [0.717, 1.165) is 12.2 Å². The lowest BCUT2D eigenvalue weighted by atomic mass is 10.6. The molecule has 1 nitrogen and oxygen atoms in total. The maximum atomic E-state index is 10.9. The molecule has 0 heterocycles. The predicted molar refractivity (Wildman–Crippen MR) is 38.4 cm³/mol. The van der Waals surface area contributed by atoms with Crippen LogP contribution in [0, 0.1) is 0 Å². The molecule has 0 aromatic carbocycles. The number of rotatable bonds is 3. The summed E-state index contributed by atoms with van der Waals surface area (Å²) >= 11 is 0. The standard InChI is InChI=1S/C6H14OS/c1-4-5-8(7)6(2)3/h6H,4-5H2,1-3H3/t8-/m1/s1. The van der Waals surface area contributed by atoms with Gasteiger partial charge in [-0.05, 0) is 6.42 Å². The van der Waals surface area contributed by atoms with Crippen molar-refractivity contribution >= 4 is 10.8 Å². The van der Waals surface area contributed by atoms with Crippen LogP contribution >= 0.6 is 0 Å². The SMILES string of the molecule is CCC[S@@](=O)C(C)C. The first kappa shape index (κ1) is 8.15. The summed E-state index contributed by atoms with van der Waals surface area (Å²) in [4.78, 5) is 0. The minimum absolute atomic E-state index is 0.343. The Bertz CT molecular complexity index is 78.6. The molecule has 0 amide bonds. The topological polar surface area (TPSA) is 17.1 Å². The van der Waals surface area contributed by atoms with Crippen molar-refractivity contribution in [2.75, 3.05) is 5.75 Å². The van der Waals surface area contributed by atoms with Crippen LogP contribution in [0.15, 0.2) is 0 Å². The fourth-order valence-electron chi connectivity index (χ4n) is 0.437. The van der Waals surface area contributed by atoms with Crippen molar-refractivity contribution in [3.63, 3.8) is 0 Å². The molecule has 0 aromatic rings. The molecule has 0 fully saturated rings. The van der Waals surface area contributed by atoms with Crippen LogP contribution < -0.4 is 0 Å². The third-order valence-electron chi connectivity index (χ3n) is 0.931. The molecule has 0 aliphatic heterocycles. The summed E-state index contributed by atoms with van der Waals surface area (Å²) in [6, 6.07) is 0. The average molecular weight is 134 g/mol. The van der Waals surface area contributed by atoms with E-state index in [1.807, 2.05) is 13.8 Å². The third kappa shape index (κ3) is 3.19. The van der Waals surface area contributed by atoms with Crippen molar-refractivity contribution in [2.24, 2.45) is 0 Å². The highest BCUT2D eigenvalue weighted by Gasteiger charge is 2.00. The van der Waals surface area contributed by atoms with Crippen LogP contribution in [0.2, 0.25) is 0 Å². The fraction of sp³-hybridized carbons (Fsp3) is 1.00. The van der Waals surface area contributed by atoms with Crippen LogP contribution in [0.1, 0.15) is 27.2 Å². The first-order valence-electron chi connectivity index (χ1n) is 3.05. The lowest BCUT2D eigenvalue weighted by Gasteiger charge is -2.00. The Morgan fingerprint density at radius 3 is 2.12 bits per heavy atom. The van der Waals surface area contributed by atoms with Gasteiger partial charge in [0.05, 0.1) is 0 Å². The maximum Gasteiger partial charge on any atom is 0.0291 e. The molecule has 0 radical (unpaired) electrons. The van der Waals surface area contributed by atoms with Gasteiger partial charge >= 0.3 is 0 Å². The van der Waals surface area contributed by atoms with Crippen molar-refractivity contribution in [1.29, 1.82) is 0 Å². The summed E-state index contributed by atoms with van der Waals surface area (Å²) in [6.45, 7) is 6.04. The zero-order valence-electron chi connectivity index (χ0n) is 5.81. The van der Waals surface area contributed by atoms with Crippen molar-refractivity contribution in [3.8, 4) is 0 Å². The van der Waals surface area contributed by atoms with Crippen molar-refractivity contribution in [1.82, 2.24) is 0 Å². The van der Waals surface area contributed by atoms with Crippen molar-refractivity contribution < 1.29 is 4.21 Å². The van der Waals surface area contributed by atoms with Gasteiger partial charge in [0.15, 0.2) is 0 Å². The van der Waals surface area contributed by atoms with E-state index in [9.17, 15) is 4.21 Å². The molecule has 1 atom stereocenters. The van der Waals surface area contributed by atoms with Gasteiger partial charge in [-0.3, -0.25) is 4.21 Å². The quantitative estimate of drug-likeness (QED) is 0.572. The molecule has 0 aliphatic carbocycles. The Balaban J connectivity index is 3.33. The first-order valence-corrected chi connectivity index (χ1v) is 4.43. The van der Waals surface area contributed by atoms with E-state index in [4.69, 9.17) is 0 Å². The second-order valence-electron chi connectivity index (χ2n) is 2.13. The molecule has 2 heteroatoms. The summed E-state index contributed by atoms with van der Waals surface area (Å²) < 4.78 is 10.9. The Morgan fingerprint density at radius 2 is 2.00 bits per heavy atom. The molecule has 0 aliphatic rings. The van der Waals surface area contributed by atoms with Gasteiger partial charge < -0.3 is 0 Å². The van der Waals surface area contributed by atoms with Crippen LogP contribution in [0.25, 0.3) is 0 Å². The van der Waals surface area contributed by atoms with Gasteiger partial charge in [-0.2, -0.15) is 0 Å². The zero-order chi connectivity index (χ0) is 6.57. The van der Waals surface area contributed by atoms with Crippen LogP contribution in [-0.4, -0.2) is 15.2 Å². The monoisotopic (exact) mass is 134 g/mol. The zero-order valence-corrected chi connectivity index (χ0v) is 6.62. The third-order valence-corrected chi connectivity index (χ3v) is 2.79. The van der Waals surface area contributed by atoms with E-state index >= 15 is 0 Å². The van der Waals surface area contributed by atoms with E-state index < -0.39 is 10.8 Å². The van der Waals surface area contributed by atoms with Gasteiger partial charge in [0.2, 0.25) is 0 Å². The van der Waals surface area contributed by atoms with Crippen LogP contribution in [0.3, 0.4) is 0 Å².